The molecule has 0 amide bonds. The molecule has 0 radical (unpaired) electrons. The third kappa shape index (κ3) is 1.34. The quantitative estimate of drug-likeness (QED) is 0.605. The number of nitrogens with two attached hydrogens (primary N) is 1. The third-order valence-corrected chi connectivity index (χ3v) is 4.06. The maximum atomic E-state index is 6.06. The number of thiophene rings is 1. The average molecular weight is 209 g/mol. The van der Waals surface area contributed by atoms with Gasteiger partial charge in [-0.3, -0.25) is 0 Å². The van der Waals surface area contributed by atoms with E-state index in [0.717, 1.165) is 24.6 Å². The Hall–Kier alpha value is -0.580. The first-order chi connectivity index (χ1) is 6.86. The van der Waals surface area contributed by atoms with Gasteiger partial charge in [0.15, 0.2) is 0 Å². The molecule has 3 nitrogen and oxygen atoms in total. The van der Waals surface area contributed by atoms with Crippen molar-refractivity contribution in [2.24, 2.45) is 0 Å². The molecule has 3 heterocycles. The van der Waals surface area contributed by atoms with E-state index in [-0.39, 0.29) is 0 Å². The van der Waals surface area contributed by atoms with Crippen LogP contribution in [0.2, 0.25) is 0 Å². The summed E-state index contributed by atoms with van der Waals surface area (Å²) in [7, 11) is 0. The second-order valence-electron chi connectivity index (χ2n) is 4.02. The SMILES string of the molecule is Nc1sc2c(c1C1CN1)CCCNC2. The molecular formula is C10H15N3S. The molecule has 0 bridgehead atoms. The van der Waals surface area contributed by atoms with Crippen molar-refractivity contribution in [2.75, 3.05) is 18.8 Å². The summed E-state index contributed by atoms with van der Waals surface area (Å²) in [6, 6.07) is 0.563. The van der Waals surface area contributed by atoms with E-state index in [1.165, 1.54) is 28.8 Å². The molecule has 14 heavy (non-hydrogen) atoms. The molecule has 0 aromatic carbocycles. The van der Waals surface area contributed by atoms with Gasteiger partial charge in [-0.2, -0.15) is 0 Å². The van der Waals surface area contributed by atoms with Crippen LogP contribution in [0.5, 0.6) is 0 Å². The van der Waals surface area contributed by atoms with Crippen LogP contribution in [0.1, 0.15) is 28.5 Å². The fourth-order valence-electron chi connectivity index (χ4n) is 2.20. The van der Waals surface area contributed by atoms with Gasteiger partial charge in [-0.25, -0.2) is 0 Å². The molecule has 1 fully saturated rings. The van der Waals surface area contributed by atoms with Gasteiger partial charge in [-0.05, 0) is 24.9 Å². The minimum atomic E-state index is 0.563. The lowest BCUT2D eigenvalue weighted by Gasteiger charge is -2.01. The molecule has 1 atom stereocenters. The van der Waals surface area contributed by atoms with Gasteiger partial charge >= 0.3 is 0 Å². The molecule has 1 unspecified atom stereocenters. The zero-order valence-electron chi connectivity index (χ0n) is 8.10. The molecule has 1 aromatic heterocycles. The van der Waals surface area contributed by atoms with Crippen molar-refractivity contribution in [1.29, 1.82) is 0 Å². The van der Waals surface area contributed by atoms with Crippen LogP contribution in [0.3, 0.4) is 0 Å². The number of rotatable bonds is 1. The number of nitrogen functional groups attached to an aromatic ring is 1. The summed E-state index contributed by atoms with van der Waals surface area (Å²) >= 11 is 1.77. The highest BCUT2D eigenvalue weighted by molar-refractivity contribution is 7.16. The summed E-state index contributed by atoms with van der Waals surface area (Å²) in [6.45, 7) is 3.26. The van der Waals surface area contributed by atoms with Crippen LogP contribution in [0.25, 0.3) is 0 Å². The van der Waals surface area contributed by atoms with E-state index in [0.29, 0.717) is 6.04 Å². The summed E-state index contributed by atoms with van der Waals surface area (Å²) in [4.78, 5) is 1.46. The number of anilines is 1. The molecule has 0 spiro atoms. The minimum Gasteiger partial charge on any atom is -0.390 e. The van der Waals surface area contributed by atoms with E-state index in [9.17, 15) is 0 Å². The van der Waals surface area contributed by atoms with E-state index in [1.807, 2.05) is 0 Å². The first kappa shape index (κ1) is 8.71. The highest BCUT2D eigenvalue weighted by atomic mass is 32.1. The molecule has 1 aromatic rings. The lowest BCUT2D eigenvalue weighted by Crippen LogP contribution is -2.11. The highest BCUT2D eigenvalue weighted by Crippen LogP contribution is 2.39. The molecule has 76 valence electrons. The summed E-state index contributed by atoms with van der Waals surface area (Å²) < 4.78 is 0. The number of hydrogen-bond donors (Lipinski definition) is 3. The van der Waals surface area contributed by atoms with Crippen LogP contribution >= 0.6 is 11.3 Å². The number of nitrogens with one attached hydrogen (secondary N) is 2. The highest BCUT2D eigenvalue weighted by Gasteiger charge is 2.30. The van der Waals surface area contributed by atoms with E-state index in [1.54, 1.807) is 11.3 Å². The second-order valence-corrected chi connectivity index (χ2v) is 5.16. The molecule has 3 rings (SSSR count). The molecule has 4 N–H and O–H groups in total. The molecule has 2 aliphatic rings. The fraction of sp³-hybridized carbons (Fsp3) is 0.600. The van der Waals surface area contributed by atoms with Gasteiger partial charge in [0.1, 0.15) is 0 Å². The Labute approximate surface area is 87.7 Å². The lowest BCUT2D eigenvalue weighted by molar-refractivity contribution is 0.683. The van der Waals surface area contributed by atoms with Crippen molar-refractivity contribution in [1.82, 2.24) is 10.6 Å². The van der Waals surface area contributed by atoms with Gasteiger partial charge in [-0.1, -0.05) is 0 Å². The molecule has 0 aliphatic carbocycles. The van der Waals surface area contributed by atoms with Crippen molar-refractivity contribution in [3.05, 3.63) is 16.0 Å². The largest absolute Gasteiger partial charge is 0.390 e. The van der Waals surface area contributed by atoms with Crippen molar-refractivity contribution in [2.45, 2.75) is 25.4 Å². The summed E-state index contributed by atoms with van der Waals surface area (Å²) in [6.07, 6.45) is 2.44. The van der Waals surface area contributed by atoms with Crippen LogP contribution in [-0.2, 0) is 13.0 Å². The van der Waals surface area contributed by atoms with Crippen molar-refractivity contribution in [3.8, 4) is 0 Å². The van der Waals surface area contributed by atoms with Gasteiger partial charge in [0.25, 0.3) is 0 Å². The Bertz CT molecular complexity index is 354. The van der Waals surface area contributed by atoms with Crippen molar-refractivity contribution < 1.29 is 0 Å². The predicted octanol–water partition coefficient (Wildman–Crippen LogP) is 1.01. The molecular weight excluding hydrogens is 194 g/mol. The van der Waals surface area contributed by atoms with Gasteiger partial charge in [0.2, 0.25) is 0 Å². The smallest absolute Gasteiger partial charge is 0.0911 e. The minimum absolute atomic E-state index is 0.563. The zero-order chi connectivity index (χ0) is 9.54. The van der Waals surface area contributed by atoms with E-state index < -0.39 is 0 Å². The number of fused-ring (bicyclic) bond motifs is 1. The van der Waals surface area contributed by atoms with Gasteiger partial charge < -0.3 is 16.4 Å². The monoisotopic (exact) mass is 209 g/mol. The topological polar surface area (TPSA) is 60.0 Å². The second kappa shape index (κ2) is 3.22. The average Bonchev–Trinajstić information content (AvgIpc) is 2.95. The first-order valence-corrected chi connectivity index (χ1v) is 6.02. The lowest BCUT2D eigenvalue weighted by atomic mass is 10.0. The van der Waals surface area contributed by atoms with Crippen LogP contribution in [0.15, 0.2) is 0 Å². The Morgan fingerprint density at radius 2 is 2.29 bits per heavy atom. The summed E-state index contributed by atoms with van der Waals surface area (Å²) in [5, 5.41) is 7.83. The van der Waals surface area contributed by atoms with Crippen LogP contribution < -0.4 is 16.4 Å². The normalized spacial score (nSPS) is 25.6. The van der Waals surface area contributed by atoms with E-state index in [2.05, 4.69) is 10.6 Å². The first-order valence-electron chi connectivity index (χ1n) is 5.20. The van der Waals surface area contributed by atoms with Crippen molar-refractivity contribution >= 4 is 16.3 Å². The van der Waals surface area contributed by atoms with Gasteiger partial charge in [0.05, 0.1) is 5.00 Å². The number of hydrogen-bond acceptors (Lipinski definition) is 4. The third-order valence-electron chi connectivity index (χ3n) is 2.98. The molecule has 1 saturated heterocycles. The maximum absolute atomic E-state index is 6.06. The Morgan fingerprint density at radius 3 is 3.07 bits per heavy atom. The van der Waals surface area contributed by atoms with E-state index in [4.69, 9.17) is 5.73 Å². The fourth-order valence-corrected chi connectivity index (χ4v) is 3.35. The van der Waals surface area contributed by atoms with Crippen molar-refractivity contribution in [3.63, 3.8) is 0 Å². The summed E-state index contributed by atoms with van der Waals surface area (Å²) in [5.74, 6) is 0. The Morgan fingerprint density at radius 1 is 1.43 bits per heavy atom. The molecule has 0 saturated carbocycles. The zero-order valence-corrected chi connectivity index (χ0v) is 8.91. The molecule has 4 heteroatoms. The Kier molecular flexibility index (Phi) is 2.00. The van der Waals surface area contributed by atoms with Gasteiger partial charge in [-0.15, -0.1) is 11.3 Å². The van der Waals surface area contributed by atoms with Gasteiger partial charge in [0, 0.05) is 29.6 Å². The Balaban J connectivity index is 2.04. The predicted molar refractivity (Wildman–Crippen MR) is 59.5 cm³/mol. The van der Waals surface area contributed by atoms with Crippen LogP contribution in [0, 0.1) is 0 Å². The standard InChI is InChI=1S/C10H15N3S/c11-10-9(7-4-13-7)6-2-1-3-12-5-8(6)14-10/h7,12-13H,1-5,11H2. The van der Waals surface area contributed by atoms with Crippen LogP contribution in [0.4, 0.5) is 5.00 Å². The maximum Gasteiger partial charge on any atom is 0.0911 e. The van der Waals surface area contributed by atoms with E-state index >= 15 is 0 Å². The van der Waals surface area contributed by atoms with Crippen LogP contribution in [-0.4, -0.2) is 13.1 Å². The summed E-state index contributed by atoms with van der Waals surface area (Å²) in [5.41, 5.74) is 9.01. The molecule has 2 aliphatic heterocycles.